The number of aryl methyl sites for hydroxylation is 1. The number of nitrogens with zero attached hydrogens (tertiary/aromatic N) is 3. The summed E-state index contributed by atoms with van der Waals surface area (Å²) >= 11 is 0. The monoisotopic (exact) mass is 389 g/mol. The highest BCUT2D eigenvalue weighted by Gasteiger charge is 2.30. The lowest BCUT2D eigenvalue weighted by molar-refractivity contribution is -0.137. The number of pyridine rings is 1. The third-order valence-electron chi connectivity index (χ3n) is 4.20. The lowest BCUT2D eigenvalue weighted by atomic mass is 10.1. The molecule has 0 bridgehead atoms. The number of rotatable bonds is 5. The zero-order chi connectivity index (χ0) is 20.1. The van der Waals surface area contributed by atoms with E-state index in [1.807, 2.05) is 42.6 Å². The first kappa shape index (κ1) is 19.7. The molecule has 28 heavy (non-hydrogen) atoms. The van der Waals surface area contributed by atoms with Gasteiger partial charge >= 0.3 is 6.18 Å². The molecule has 3 rings (SSSR count). The Balaban J connectivity index is 1.69. The van der Waals surface area contributed by atoms with Crippen LogP contribution in [0.4, 0.5) is 13.2 Å². The topological polar surface area (TPSA) is 53.7 Å². The Kier molecular flexibility index (Phi) is 5.87. The largest absolute Gasteiger partial charge is 0.416 e. The van der Waals surface area contributed by atoms with E-state index in [1.54, 1.807) is 6.07 Å². The number of hydrogen-bond acceptors (Lipinski definition) is 2. The van der Waals surface area contributed by atoms with Crippen molar-refractivity contribution < 1.29 is 13.2 Å². The van der Waals surface area contributed by atoms with Crippen LogP contribution in [0.5, 0.6) is 0 Å². The van der Waals surface area contributed by atoms with Crippen LogP contribution >= 0.6 is 0 Å². The molecular weight excluding hydrogens is 367 g/mol. The second kappa shape index (κ2) is 8.33. The summed E-state index contributed by atoms with van der Waals surface area (Å²) in [4.78, 5) is 8.94. The molecule has 0 aliphatic carbocycles. The van der Waals surface area contributed by atoms with E-state index < -0.39 is 11.7 Å². The molecule has 3 aromatic rings. The van der Waals surface area contributed by atoms with E-state index in [2.05, 4.69) is 20.6 Å². The number of aromatic nitrogens is 2. The van der Waals surface area contributed by atoms with Gasteiger partial charge in [-0.05, 0) is 43.7 Å². The molecule has 2 N–H and O–H groups in total. The Morgan fingerprint density at radius 3 is 2.64 bits per heavy atom. The molecule has 0 saturated carbocycles. The average Bonchev–Trinajstić information content (AvgIpc) is 3.08. The standard InChI is InChI=1S/C20H22F3N5/c1-3-24-19(25-11-15-7-5-8-16(10-15)20(21,22)23)26-12-17-13-28-14(2)6-4-9-18(28)27-17/h4-10,13H,3,11-12H2,1-2H3,(H2,24,25,26). The van der Waals surface area contributed by atoms with Crippen molar-refractivity contribution in [3.8, 4) is 0 Å². The Morgan fingerprint density at radius 2 is 1.93 bits per heavy atom. The summed E-state index contributed by atoms with van der Waals surface area (Å²) in [5, 5.41) is 6.27. The molecule has 0 unspecified atom stereocenters. The van der Waals surface area contributed by atoms with Crippen molar-refractivity contribution in [2.24, 2.45) is 4.99 Å². The number of halogens is 3. The summed E-state index contributed by atoms with van der Waals surface area (Å²) in [5.41, 5.74) is 2.62. The zero-order valence-corrected chi connectivity index (χ0v) is 15.7. The molecule has 2 aromatic heterocycles. The van der Waals surface area contributed by atoms with Crippen molar-refractivity contribution in [1.29, 1.82) is 0 Å². The van der Waals surface area contributed by atoms with Gasteiger partial charge in [0.1, 0.15) is 5.65 Å². The fraction of sp³-hybridized carbons (Fsp3) is 0.300. The SMILES string of the molecule is CCNC(=NCc1cccc(C(F)(F)F)c1)NCc1cn2c(C)cccc2n1. The van der Waals surface area contributed by atoms with E-state index >= 15 is 0 Å². The highest BCUT2D eigenvalue weighted by molar-refractivity contribution is 5.79. The smallest absolute Gasteiger partial charge is 0.357 e. The fourth-order valence-electron chi connectivity index (χ4n) is 2.82. The maximum absolute atomic E-state index is 12.8. The van der Waals surface area contributed by atoms with Gasteiger partial charge in [0.05, 0.1) is 24.3 Å². The summed E-state index contributed by atoms with van der Waals surface area (Å²) in [6, 6.07) is 11.1. The fourth-order valence-corrected chi connectivity index (χ4v) is 2.82. The molecule has 0 aliphatic heterocycles. The number of aliphatic imine (C=N–C) groups is 1. The quantitative estimate of drug-likeness (QED) is 0.514. The second-order valence-electron chi connectivity index (χ2n) is 6.37. The normalized spacial score (nSPS) is 12.4. The van der Waals surface area contributed by atoms with E-state index in [-0.39, 0.29) is 6.54 Å². The van der Waals surface area contributed by atoms with Gasteiger partial charge in [-0.25, -0.2) is 9.98 Å². The summed E-state index contributed by atoms with van der Waals surface area (Å²) < 4.78 is 40.5. The minimum Gasteiger partial charge on any atom is -0.357 e. The van der Waals surface area contributed by atoms with E-state index in [0.29, 0.717) is 24.6 Å². The van der Waals surface area contributed by atoms with Crippen LogP contribution < -0.4 is 10.6 Å². The molecule has 0 saturated heterocycles. The lowest BCUT2D eigenvalue weighted by Crippen LogP contribution is -2.36. The Labute approximate surface area is 161 Å². The van der Waals surface area contributed by atoms with Gasteiger partial charge in [0.15, 0.2) is 5.96 Å². The van der Waals surface area contributed by atoms with E-state index in [4.69, 9.17) is 0 Å². The predicted octanol–water partition coefficient (Wildman–Crippen LogP) is 3.92. The second-order valence-corrected chi connectivity index (χ2v) is 6.37. The van der Waals surface area contributed by atoms with Crippen molar-refractivity contribution in [2.45, 2.75) is 33.1 Å². The Morgan fingerprint density at radius 1 is 1.14 bits per heavy atom. The van der Waals surface area contributed by atoms with Gasteiger partial charge < -0.3 is 15.0 Å². The zero-order valence-electron chi connectivity index (χ0n) is 15.7. The minimum atomic E-state index is -4.36. The van der Waals surface area contributed by atoms with Crippen molar-refractivity contribution in [1.82, 2.24) is 20.0 Å². The number of alkyl halides is 3. The van der Waals surface area contributed by atoms with Crippen LogP contribution in [-0.2, 0) is 19.3 Å². The molecule has 0 aliphatic rings. The van der Waals surface area contributed by atoms with Gasteiger partial charge in [0, 0.05) is 18.4 Å². The Bertz CT molecular complexity index is 975. The van der Waals surface area contributed by atoms with Crippen LogP contribution in [0, 0.1) is 6.92 Å². The maximum atomic E-state index is 12.8. The number of fused-ring (bicyclic) bond motifs is 1. The van der Waals surface area contributed by atoms with Gasteiger partial charge in [-0.3, -0.25) is 0 Å². The van der Waals surface area contributed by atoms with E-state index in [1.165, 1.54) is 6.07 Å². The molecule has 2 heterocycles. The molecule has 0 fully saturated rings. The highest BCUT2D eigenvalue weighted by Crippen LogP contribution is 2.29. The number of hydrogen-bond donors (Lipinski definition) is 2. The summed E-state index contributed by atoms with van der Waals surface area (Å²) in [6.45, 7) is 5.17. The van der Waals surface area contributed by atoms with Crippen molar-refractivity contribution in [2.75, 3.05) is 6.54 Å². The first-order chi connectivity index (χ1) is 13.4. The van der Waals surface area contributed by atoms with Gasteiger partial charge in [-0.2, -0.15) is 13.2 Å². The molecule has 0 atom stereocenters. The molecule has 148 valence electrons. The van der Waals surface area contributed by atoms with Crippen LogP contribution in [0.3, 0.4) is 0 Å². The Hall–Kier alpha value is -3.03. The molecule has 0 amide bonds. The third kappa shape index (κ3) is 4.82. The molecule has 0 spiro atoms. The first-order valence-electron chi connectivity index (χ1n) is 8.98. The molecule has 5 nitrogen and oxygen atoms in total. The van der Waals surface area contributed by atoms with Crippen LogP contribution in [-0.4, -0.2) is 21.9 Å². The van der Waals surface area contributed by atoms with Gasteiger partial charge in [0.25, 0.3) is 0 Å². The van der Waals surface area contributed by atoms with E-state index in [0.717, 1.165) is 29.2 Å². The number of guanidine groups is 1. The van der Waals surface area contributed by atoms with E-state index in [9.17, 15) is 13.2 Å². The van der Waals surface area contributed by atoms with Crippen molar-refractivity contribution in [3.05, 3.63) is 71.2 Å². The van der Waals surface area contributed by atoms with Gasteiger partial charge in [-0.15, -0.1) is 0 Å². The molecule has 1 aromatic carbocycles. The van der Waals surface area contributed by atoms with Gasteiger partial charge in [0.2, 0.25) is 0 Å². The van der Waals surface area contributed by atoms with Crippen LogP contribution in [0.15, 0.2) is 53.7 Å². The lowest BCUT2D eigenvalue weighted by Gasteiger charge is -2.11. The van der Waals surface area contributed by atoms with Crippen LogP contribution in [0.25, 0.3) is 5.65 Å². The molecule has 8 heteroatoms. The molecule has 0 radical (unpaired) electrons. The average molecular weight is 389 g/mol. The number of benzene rings is 1. The number of nitrogens with one attached hydrogen (secondary N) is 2. The number of imidazole rings is 1. The van der Waals surface area contributed by atoms with Crippen molar-refractivity contribution in [3.63, 3.8) is 0 Å². The summed E-state index contributed by atoms with van der Waals surface area (Å²) in [7, 11) is 0. The summed E-state index contributed by atoms with van der Waals surface area (Å²) in [6.07, 6.45) is -2.40. The summed E-state index contributed by atoms with van der Waals surface area (Å²) in [5.74, 6) is 0.522. The van der Waals surface area contributed by atoms with Crippen molar-refractivity contribution >= 4 is 11.6 Å². The highest BCUT2D eigenvalue weighted by atomic mass is 19.4. The minimum absolute atomic E-state index is 0.142. The van der Waals surface area contributed by atoms with Gasteiger partial charge in [-0.1, -0.05) is 18.2 Å². The first-order valence-corrected chi connectivity index (χ1v) is 8.98. The molecular formula is C20H22F3N5. The van der Waals surface area contributed by atoms with Crippen LogP contribution in [0.2, 0.25) is 0 Å². The van der Waals surface area contributed by atoms with Crippen LogP contribution in [0.1, 0.15) is 29.4 Å². The maximum Gasteiger partial charge on any atom is 0.416 e. The predicted molar refractivity (Wildman–Crippen MR) is 103 cm³/mol. The third-order valence-corrected chi connectivity index (χ3v) is 4.20.